The van der Waals surface area contributed by atoms with Crippen molar-refractivity contribution >= 4 is 0 Å². The highest BCUT2D eigenvalue weighted by Gasteiger charge is 1.95. The van der Waals surface area contributed by atoms with E-state index in [4.69, 9.17) is 0 Å². The topological polar surface area (TPSA) is 25.8 Å². The molecule has 2 aromatic rings. The van der Waals surface area contributed by atoms with Crippen LogP contribution in [0.25, 0.3) is 0 Å². The fourth-order valence-electron chi connectivity index (χ4n) is 1.38. The standard InChI is InChI=1S/C12H12N2/c1-2-4-11(5-3-1)6-7-12-10-13-8-9-14-12/h1-5,8-10H,6-7H2. The molecule has 14 heavy (non-hydrogen) atoms. The number of nitrogens with zero attached hydrogens (tertiary/aromatic N) is 2. The summed E-state index contributed by atoms with van der Waals surface area (Å²) in [5, 5.41) is 0. The normalized spacial score (nSPS) is 10.0. The van der Waals surface area contributed by atoms with Crippen molar-refractivity contribution in [2.45, 2.75) is 12.8 Å². The number of hydrogen-bond donors (Lipinski definition) is 0. The second-order valence-corrected chi connectivity index (χ2v) is 3.18. The van der Waals surface area contributed by atoms with E-state index in [1.165, 1.54) is 5.56 Å². The molecular formula is C12H12N2. The van der Waals surface area contributed by atoms with E-state index in [1.54, 1.807) is 12.4 Å². The fourth-order valence-corrected chi connectivity index (χ4v) is 1.38. The molecule has 0 atom stereocenters. The molecular weight excluding hydrogens is 172 g/mol. The van der Waals surface area contributed by atoms with Crippen molar-refractivity contribution in [3.8, 4) is 0 Å². The minimum Gasteiger partial charge on any atom is -0.261 e. The van der Waals surface area contributed by atoms with Crippen LogP contribution in [0.5, 0.6) is 0 Å². The van der Waals surface area contributed by atoms with Crippen molar-refractivity contribution in [2.24, 2.45) is 0 Å². The van der Waals surface area contributed by atoms with Gasteiger partial charge in [-0.25, -0.2) is 0 Å². The molecule has 0 bridgehead atoms. The van der Waals surface area contributed by atoms with Gasteiger partial charge in [-0.3, -0.25) is 9.97 Å². The Morgan fingerprint density at radius 3 is 2.50 bits per heavy atom. The molecule has 2 rings (SSSR count). The van der Waals surface area contributed by atoms with E-state index in [-0.39, 0.29) is 0 Å². The van der Waals surface area contributed by atoms with Gasteiger partial charge in [0.05, 0.1) is 5.69 Å². The maximum absolute atomic E-state index is 4.23. The molecule has 0 saturated heterocycles. The summed E-state index contributed by atoms with van der Waals surface area (Å²) in [4.78, 5) is 8.27. The Kier molecular flexibility index (Phi) is 2.86. The Bertz CT molecular complexity index is 331. The van der Waals surface area contributed by atoms with Gasteiger partial charge in [0.25, 0.3) is 0 Å². The molecule has 2 heteroatoms. The molecule has 2 nitrogen and oxygen atoms in total. The van der Waals surface area contributed by atoms with E-state index >= 15 is 0 Å². The number of hydrogen-bond acceptors (Lipinski definition) is 2. The van der Waals surface area contributed by atoms with Gasteiger partial charge >= 0.3 is 0 Å². The highest BCUT2D eigenvalue weighted by Crippen LogP contribution is 2.03. The summed E-state index contributed by atoms with van der Waals surface area (Å²) in [5.74, 6) is 0. The molecule has 0 aliphatic carbocycles. The van der Waals surface area contributed by atoms with Gasteiger partial charge in [0.2, 0.25) is 0 Å². The molecule has 0 unspecified atom stereocenters. The Labute approximate surface area is 83.7 Å². The third-order valence-corrected chi connectivity index (χ3v) is 2.13. The first-order valence-corrected chi connectivity index (χ1v) is 4.74. The van der Waals surface area contributed by atoms with E-state index in [9.17, 15) is 0 Å². The second kappa shape index (κ2) is 4.51. The largest absolute Gasteiger partial charge is 0.261 e. The Balaban J connectivity index is 1.96. The Morgan fingerprint density at radius 1 is 0.929 bits per heavy atom. The molecule has 0 fully saturated rings. The van der Waals surface area contributed by atoms with E-state index in [0.717, 1.165) is 18.5 Å². The summed E-state index contributed by atoms with van der Waals surface area (Å²) in [6.07, 6.45) is 7.24. The Hall–Kier alpha value is -1.70. The van der Waals surface area contributed by atoms with Crippen LogP contribution < -0.4 is 0 Å². The molecule has 0 N–H and O–H groups in total. The summed E-state index contributed by atoms with van der Waals surface area (Å²) in [5.41, 5.74) is 2.40. The van der Waals surface area contributed by atoms with Gasteiger partial charge in [0.15, 0.2) is 0 Å². The minimum atomic E-state index is 0.956. The minimum absolute atomic E-state index is 0.956. The molecule has 0 aliphatic heterocycles. The summed E-state index contributed by atoms with van der Waals surface area (Å²) in [6, 6.07) is 10.4. The molecule has 70 valence electrons. The summed E-state index contributed by atoms with van der Waals surface area (Å²) < 4.78 is 0. The molecule has 1 aromatic heterocycles. The summed E-state index contributed by atoms with van der Waals surface area (Å²) in [6.45, 7) is 0. The first kappa shape index (κ1) is 8.88. The summed E-state index contributed by atoms with van der Waals surface area (Å²) in [7, 11) is 0. The first-order chi connectivity index (χ1) is 6.95. The third kappa shape index (κ3) is 2.39. The maximum atomic E-state index is 4.23. The van der Waals surface area contributed by atoms with Crippen molar-refractivity contribution in [3.63, 3.8) is 0 Å². The average molecular weight is 184 g/mol. The van der Waals surface area contributed by atoms with Gasteiger partial charge in [0.1, 0.15) is 0 Å². The molecule has 1 heterocycles. The molecule has 0 saturated carbocycles. The van der Waals surface area contributed by atoms with Gasteiger partial charge in [-0.15, -0.1) is 0 Å². The predicted molar refractivity (Wildman–Crippen MR) is 55.9 cm³/mol. The number of aryl methyl sites for hydroxylation is 2. The molecule has 0 aliphatic rings. The van der Waals surface area contributed by atoms with Crippen molar-refractivity contribution < 1.29 is 0 Å². The van der Waals surface area contributed by atoms with E-state index < -0.39 is 0 Å². The molecule has 0 amide bonds. The fraction of sp³-hybridized carbons (Fsp3) is 0.167. The van der Waals surface area contributed by atoms with Crippen LogP contribution in [0.15, 0.2) is 48.9 Å². The van der Waals surface area contributed by atoms with Crippen LogP contribution in [-0.4, -0.2) is 9.97 Å². The van der Waals surface area contributed by atoms with Crippen molar-refractivity contribution in [2.75, 3.05) is 0 Å². The van der Waals surface area contributed by atoms with Crippen LogP contribution in [0.3, 0.4) is 0 Å². The quantitative estimate of drug-likeness (QED) is 0.731. The van der Waals surface area contributed by atoms with Crippen LogP contribution in [-0.2, 0) is 12.8 Å². The SMILES string of the molecule is c1ccc(CCc2cnccn2)cc1. The van der Waals surface area contributed by atoms with Gasteiger partial charge in [-0.05, 0) is 18.4 Å². The van der Waals surface area contributed by atoms with E-state index in [1.807, 2.05) is 12.3 Å². The van der Waals surface area contributed by atoms with Crippen molar-refractivity contribution in [1.29, 1.82) is 0 Å². The molecule has 0 radical (unpaired) electrons. The lowest BCUT2D eigenvalue weighted by Crippen LogP contribution is -1.94. The predicted octanol–water partition coefficient (Wildman–Crippen LogP) is 2.26. The maximum Gasteiger partial charge on any atom is 0.0589 e. The van der Waals surface area contributed by atoms with Gasteiger partial charge < -0.3 is 0 Å². The zero-order valence-corrected chi connectivity index (χ0v) is 7.93. The molecule has 0 spiro atoms. The first-order valence-electron chi connectivity index (χ1n) is 4.74. The van der Waals surface area contributed by atoms with Crippen molar-refractivity contribution in [1.82, 2.24) is 9.97 Å². The monoisotopic (exact) mass is 184 g/mol. The lowest BCUT2D eigenvalue weighted by molar-refractivity contribution is 0.899. The number of benzene rings is 1. The summed E-state index contributed by atoms with van der Waals surface area (Å²) >= 11 is 0. The van der Waals surface area contributed by atoms with Crippen molar-refractivity contribution in [3.05, 3.63) is 60.2 Å². The second-order valence-electron chi connectivity index (χ2n) is 3.18. The van der Waals surface area contributed by atoms with E-state index in [2.05, 4.69) is 34.2 Å². The van der Waals surface area contributed by atoms with Crippen LogP contribution in [0.1, 0.15) is 11.3 Å². The number of rotatable bonds is 3. The van der Waals surface area contributed by atoms with Crippen LogP contribution >= 0.6 is 0 Å². The van der Waals surface area contributed by atoms with Crippen LogP contribution in [0, 0.1) is 0 Å². The lowest BCUT2D eigenvalue weighted by Gasteiger charge is -1.99. The van der Waals surface area contributed by atoms with Gasteiger partial charge in [-0.2, -0.15) is 0 Å². The zero-order chi connectivity index (χ0) is 9.64. The molecule has 1 aromatic carbocycles. The smallest absolute Gasteiger partial charge is 0.0589 e. The zero-order valence-electron chi connectivity index (χ0n) is 7.93. The average Bonchev–Trinajstić information content (AvgIpc) is 2.29. The van der Waals surface area contributed by atoms with Crippen LogP contribution in [0.2, 0.25) is 0 Å². The van der Waals surface area contributed by atoms with Crippen LogP contribution in [0.4, 0.5) is 0 Å². The Morgan fingerprint density at radius 2 is 1.79 bits per heavy atom. The number of aromatic nitrogens is 2. The van der Waals surface area contributed by atoms with Gasteiger partial charge in [-0.1, -0.05) is 30.3 Å². The highest BCUT2D eigenvalue weighted by atomic mass is 14.8. The third-order valence-electron chi connectivity index (χ3n) is 2.13. The van der Waals surface area contributed by atoms with E-state index in [0.29, 0.717) is 0 Å². The van der Waals surface area contributed by atoms with Gasteiger partial charge in [0, 0.05) is 18.6 Å². The highest BCUT2D eigenvalue weighted by molar-refractivity contribution is 5.15. The lowest BCUT2D eigenvalue weighted by atomic mass is 10.1.